The van der Waals surface area contributed by atoms with Crippen LogP contribution in [0.15, 0.2) is 22.7 Å². The lowest BCUT2D eigenvalue weighted by molar-refractivity contribution is 0.0797. The Balaban J connectivity index is 2.91. The molecule has 5 heteroatoms. The highest BCUT2D eigenvalue weighted by molar-refractivity contribution is 9.10. The summed E-state index contributed by atoms with van der Waals surface area (Å²) in [6, 6.07) is 5.26. The molecule has 2 nitrogen and oxygen atoms in total. The lowest BCUT2D eigenvalue weighted by Crippen LogP contribution is -2.31. The number of carbonyl (C=O) groups is 1. The first-order valence-corrected chi connectivity index (χ1v) is 6.85. The van der Waals surface area contributed by atoms with Crippen molar-refractivity contribution in [2.75, 3.05) is 13.6 Å². The lowest BCUT2D eigenvalue weighted by Gasteiger charge is -2.19. The molecule has 1 unspecified atom stereocenters. The number of hydrogen-bond donors (Lipinski definition) is 0. The van der Waals surface area contributed by atoms with Crippen molar-refractivity contribution in [2.24, 2.45) is 0 Å². The van der Waals surface area contributed by atoms with Gasteiger partial charge >= 0.3 is 0 Å². The van der Waals surface area contributed by atoms with Gasteiger partial charge in [0.25, 0.3) is 5.91 Å². The zero-order valence-electron chi connectivity index (χ0n) is 9.01. The van der Waals surface area contributed by atoms with E-state index in [9.17, 15) is 4.79 Å². The van der Waals surface area contributed by atoms with Crippen molar-refractivity contribution < 1.29 is 4.79 Å². The molecule has 1 aromatic carbocycles. The van der Waals surface area contributed by atoms with Gasteiger partial charge in [0.15, 0.2) is 0 Å². The standard InChI is InChI=1S/C11H12Br2ClNO/c1-7(12)6-15(2)11(16)9-5-8(13)3-4-10(9)14/h3-5,7H,6H2,1-2H3. The predicted molar refractivity (Wildman–Crippen MR) is 74.5 cm³/mol. The first-order valence-electron chi connectivity index (χ1n) is 4.76. The molecule has 0 radical (unpaired) electrons. The Hall–Kier alpha value is -0.0600. The molecule has 0 aliphatic heterocycles. The van der Waals surface area contributed by atoms with Gasteiger partial charge in [-0.3, -0.25) is 4.79 Å². The molecule has 0 N–H and O–H groups in total. The molecule has 0 heterocycles. The summed E-state index contributed by atoms with van der Waals surface area (Å²) in [7, 11) is 1.76. The Morgan fingerprint density at radius 1 is 1.56 bits per heavy atom. The summed E-state index contributed by atoms with van der Waals surface area (Å²) < 4.78 is 0.848. The van der Waals surface area contributed by atoms with E-state index in [-0.39, 0.29) is 10.7 Å². The molecule has 0 bridgehead atoms. The molecule has 0 fully saturated rings. The van der Waals surface area contributed by atoms with Crippen LogP contribution in [0.1, 0.15) is 17.3 Å². The van der Waals surface area contributed by atoms with E-state index in [1.54, 1.807) is 24.1 Å². The highest BCUT2D eigenvalue weighted by atomic mass is 79.9. The third kappa shape index (κ3) is 3.75. The smallest absolute Gasteiger partial charge is 0.255 e. The fourth-order valence-electron chi connectivity index (χ4n) is 1.33. The summed E-state index contributed by atoms with van der Waals surface area (Å²) >= 11 is 12.7. The van der Waals surface area contributed by atoms with E-state index >= 15 is 0 Å². The van der Waals surface area contributed by atoms with Gasteiger partial charge in [-0.05, 0) is 18.2 Å². The molecule has 0 aromatic heterocycles. The highest BCUT2D eigenvalue weighted by Gasteiger charge is 2.16. The summed E-state index contributed by atoms with van der Waals surface area (Å²) in [5, 5.41) is 0.474. The molecule has 0 aliphatic carbocycles. The van der Waals surface area contributed by atoms with Crippen LogP contribution in [0.25, 0.3) is 0 Å². The van der Waals surface area contributed by atoms with Gasteiger partial charge in [-0.15, -0.1) is 0 Å². The van der Waals surface area contributed by atoms with Crippen LogP contribution in [0.5, 0.6) is 0 Å². The van der Waals surface area contributed by atoms with Gasteiger partial charge in [-0.1, -0.05) is 50.4 Å². The minimum atomic E-state index is -0.0717. The fraction of sp³-hybridized carbons (Fsp3) is 0.364. The normalized spacial score (nSPS) is 12.3. The van der Waals surface area contributed by atoms with E-state index in [1.807, 2.05) is 13.0 Å². The Labute approximate surface area is 117 Å². The topological polar surface area (TPSA) is 20.3 Å². The average molecular weight is 369 g/mol. The highest BCUT2D eigenvalue weighted by Crippen LogP contribution is 2.22. The largest absolute Gasteiger partial charge is 0.341 e. The van der Waals surface area contributed by atoms with Gasteiger partial charge in [-0.25, -0.2) is 0 Å². The molecule has 0 saturated heterocycles. The molecular weight excluding hydrogens is 357 g/mol. The molecule has 0 aliphatic rings. The van der Waals surface area contributed by atoms with E-state index in [2.05, 4.69) is 31.9 Å². The lowest BCUT2D eigenvalue weighted by atomic mass is 10.2. The van der Waals surface area contributed by atoms with Crippen LogP contribution in [-0.2, 0) is 0 Å². The molecule has 1 rings (SSSR count). The maximum Gasteiger partial charge on any atom is 0.255 e. The van der Waals surface area contributed by atoms with Crippen molar-refractivity contribution in [3.05, 3.63) is 33.3 Å². The first-order chi connectivity index (χ1) is 7.41. The van der Waals surface area contributed by atoms with Crippen molar-refractivity contribution >= 4 is 49.4 Å². The second kappa shape index (κ2) is 6.03. The number of hydrogen-bond acceptors (Lipinski definition) is 1. The molecular formula is C11H12Br2ClNO. The molecule has 16 heavy (non-hydrogen) atoms. The summed E-state index contributed by atoms with van der Waals surface area (Å²) in [6.07, 6.45) is 0. The number of nitrogens with zero attached hydrogens (tertiary/aromatic N) is 1. The number of alkyl halides is 1. The first kappa shape index (κ1) is 14.0. The van der Waals surface area contributed by atoms with Crippen molar-refractivity contribution in [3.8, 4) is 0 Å². The zero-order valence-corrected chi connectivity index (χ0v) is 12.9. The van der Waals surface area contributed by atoms with Crippen molar-refractivity contribution in [1.82, 2.24) is 4.90 Å². The quantitative estimate of drug-likeness (QED) is 0.739. The summed E-state index contributed by atoms with van der Waals surface area (Å²) in [6.45, 7) is 2.63. The van der Waals surface area contributed by atoms with E-state index in [0.717, 1.165) is 4.47 Å². The number of halogens is 3. The van der Waals surface area contributed by atoms with Gasteiger partial charge in [-0.2, -0.15) is 0 Å². The van der Waals surface area contributed by atoms with Crippen LogP contribution < -0.4 is 0 Å². The predicted octanol–water partition coefficient (Wildman–Crippen LogP) is 3.96. The minimum absolute atomic E-state index is 0.0717. The van der Waals surface area contributed by atoms with Crippen LogP contribution in [0.4, 0.5) is 0 Å². The Morgan fingerprint density at radius 2 is 2.19 bits per heavy atom. The van der Waals surface area contributed by atoms with Crippen LogP contribution in [0, 0.1) is 0 Å². The van der Waals surface area contributed by atoms with Gasteiger partial charge in [0.2, 0.25) is 0 Å². The van der Waals surface area contributed by atoms with Gasteiger partial charge in [0.1, 0.15) is 0 Å². The SMILES string of the molecule is CC(Br)CN(C)C(=O)c1cc(Br)ccc1Cl. The number of carbonyl (C=O) groups excluding carboxylic acids is 1. The molecule has 0 saturated carbocycles. The molecule has 88 valence electrons. The summed E-state index contributed by atoms with van der Waals surface area (Å²) in [5.41, 5.74) is 0.520. The monoisotopic (exact) mass is 367 g/mol. The minimum Gasteiger partial charge on any atom is -0.341 e. The number of benzene rings is 1. The fourth-order valence-corrected chi connectivity index (χ4v) is 2.32. The second-order valence-electron chi connectivity index (χ2n) is 3.59. The third-order valence-corrected chi connectivity index (χ3v) is 3.14. The van der Waals surface area contributed by atoms with E-state index in [4.69, 9.17) is 11.6 Å². The average Bonchev–Trinajstić information content (AvgIpc) is 2.19. The Kier molecular flexibility index (Phi) is 5.28. The molecule has 1 aromatic rings. The van der Waals surface area contributed by atoms with E-state index < -0.39 is 0 Å². The van der Waals surface area contributed by atoms with Crippen LogP contribution in [0.3, 0.4) is 0 Å². The Morgan fingerprint density at radius 3 is 2.75 bits per heavy atom. The summed E-state index contributed by atoms with van der Waals surface area (Å²) in [4.78, 5) is 14.0. The maximum atomic E-state index is 12.1. The molecule has 0 spiro atoms. The van der Waals surface area contributed by atoms with Crippen LogP contribution in [-0.4, -0.2) is 29.2 Å². The van der Waals surface area contributed by atoms with Crippen LogP contribution >= 0.6 is 43.5 Å². The van der Waals surface area contributed by atoms with Gasteiger partial charge < -0.3 is 4.90 Å². The van der Waals surface area contributed by atoms with Crippen molar-refractivity contribution in [2.45, 2.75) is 11.8 Å². The van der Waals surface area contributed by atoms with Crippen LogP contribution in [0.2, 0.25) is 5.02 Å². The van der Waals surface area contributed by atoms with Crippen molar-refractivity contribution in [3.63, 3.8) is 0 Å². The maximum absolute atomic E-state index is 12.1. The Bertz CT molecular complexity index is 396. The van der Waals surface area contributed by atoms with Gasteiger partial charge in [0, 0.05) is 22.9 Å². The summed E-state index contributed by atoms with van der Waals surface area (Å²) in [5.74, 6) is -0.0717. The van der Waals surface area contributed by atoms with Gasteiger partial charge in [0.05, 0.1) is 10.6 Å². The molecule has 1 amide bonds. The molecule has 1 atom stereocenters. The van der Waals surface area contributed by atoms with E-state index in [0.29, 0.717) is 17.1 Å². The number of rotatable bonds is 3. The zero-order chi connectivity index (χ0) is 12.3. The number of amides is 1. The van der Waals surface area contributed by atoms with E-state index in [1.165, 1.54) is 0 Å². The third-order valence-electron chi connectivity index (χ3n) is 2.03. The second-order valence-corrected chi connectivity index (χ2v) is 6.48. The van der Waals surface area contributed by atoms with Crippen molar-refractivity contribution in [1.29, 1.82) is 0 Å².